The number of likely N-dealkylation sites (tertiary alicyclic amines) is 1. The number of carbonyl (C=O) groups excluding carboxylic acids is 4. The second-order valence-corrected chi connectivity index (χ2v) is 13.2. The molecule has 3 aliphatic rings. The molecule has 3 fully saturated rings. The van der Waals surface area contributed by atoms with Crippen LogP contribution in [0.1, 0.15) is 55.8 Å². The van der Waals surface area contributed by atoms with E-state index in [0.717, 1.165) is 5.56 Å². The van der Waals surface area contributed by atoms with E-state index in [9.17, 15) is 24.3 Å². The zero-order valence-corrected chi connectivity index (χ0v) is 28.8. The lowest BCUT2D eigenvalue weighted by Gasteiger charge is -2.37. The first-order chi connectivity index (χ1) is 24.3. The monoisotopic (exact) mass is 687 g/mol. The van der Waals surface area contributed by atoms with Gasteiger partial charge in [0.25, 0.3) is 0 Å². The Kier molecular flexibility index (Phi) is 12.6. The highest BCUT2D eigenvalue weighted by molar-refractivity contribution is 5.98. The fraction of sp³-hybridized carbons (Fsp3) is 0.487. The molecule has 0 saturated carbocycles. The van der Waals surface area contributed by atoms with E-state index in [0.29, 0.717) is 44.2 Å². The molecule has 3 amide bonds. The third-order valence-electron chi connectivity index (χ3n) is 10.00. The van der Waals surface area contributed by atoms with E-state index >= 15 is 0 Å². The predicted octanol–water partition coefficient (Wildman–Crippen LogP) is 3.73. The summed E-state index contributed by atoms with van der Waals surface area (Å²) in [7, 11) is 1.51. The third-order valence-corrected chi connectivity index (χ3v) is 10.00. The highest BCUT2D eigenvalue weighted by atomic mass is 16.6. The van der Waals surface area contributed by atoms with Crippen LogP contribution in [0.5, 0.6) is 0 Å². The number of fused-ring (bicyclic) bond motifs is 1. The van der Waals surface area contributed by atoms with Crippen LogP contribution < -0.4 is 5.32 Å². The highest BCUT2D eigenvalue weighted by Gasteiger charge is 2.75. The number of ether oxygens (including phenoxy) is 3. The minimum Gasteiger partial charge on any atom is -0.455 e. The van der Waals surface area contributed by atoms with Crippen molar-refractivity contribution in [2.45, 2.75) is 75.0 Å². The van der Waals surface area contributed by atoms with Crippen molar-refractivity contribution in [1.82, 2.24) is 15.1 Å². The Morgan fingerprint density at radius 2 is 1.82 bits per heavy atom. The number of benzene rings is 2. The Bertz CT molecular complexity index is 1500. The number of hydrogen-bond acceptors (Lipinski definition) is 8. The SMILES string of the molecule is C=CCCC(=O)N[C@H](COC)[C@H](OC(=O)[C@@H]1[C@@H]2CC[C@]3(O2)[C@H](C(=O)N(CC=C)Cc2ccccc2)N(CCCCO)C(=O)[C@@H]13)c1ccccc1. The summed E-state index contributed by atoms with van der Waals surface area (Å²) in [5.41, 5.74) is 0.369. The molecule has 7 atom stereocenters. The van der Waals surface area contributed by atoms with Gasteiger partial charge in [-0.2, -0.15) is 0 Å². The number of nitrogens with zero attached hydrogens (tertiary/aromatic N) is 2. The normalized spacial score (nSPS) is 24.7. The number of allylic oxidation sites excluding steroid dienone is 1. The number of amides is 3. The largest absolute Gasteiger partial charge is 0.455 e. The summed E-state index contributed by atoms with van der Waals surface area (Å²) < 4.78 is 18.4. The summed E-state index contributed by atoms with van der Waals surface area (Å²) in [6, 6.07) is 17.0. The van der Waals surface area contributed by atoms with E-state index in [1.54, 1.807) is 22.0 Å². The number of carbonyl (C=O) groups is 4. The average Bonchev–Trinajstić information content (AvgIpc) is 3.77. The molecule has 0 unspecified atom stereocenters. The Labute approximate surface area is 294 Å². The molecule has 50 heavy (non-hydrogen) atoms. The number of esters is 1. The summed E-state index contributed by atoms with van der Waals surface area (Å²) in [5, 5.41) is 12.5. The van der Waals surface area contributed by atoms with Crippen LogP contribution in [-0.4, -0.2) is 95.8 Å². The zero-order chi connectivity index (χ0) is 35.7. The van der Waals surface area contributed by atoms with Crippen molar-refractivity contribution in [3.8, 4) is 0 Å². The minimum absolute atomic E-state index is 0.0486. The molecule has 2 N–H and O–H groups in total. The van der Waals surface area contributed by atoms with Crippen molar-refractivity contribution >= 4 is 23.7 Å². The summed E-state index contributed by atoms with van der Waals surface area (Å²) >= 11 is 0. The smallest absolute Gasteiger partial charge is 0.313 e. The molecular formula is C39H49N3O8. The zero-order valence-electron chi connectivity index (χ0n) is 28.8. The van der Waals surface area contributed by atoms with E-state index in [1.807, 2.05) is 60.7 Å². The Morgan fingerprint density at radius 1 is 1.10 bits per heavy atom. The van der Waals surface area contributed by atoms with Crippen molar-refractivity contribution in [3.63, 3.8) is 0 Å². The number of unbranched alkanes of at least 4 members (excludes halogenated alkanes) is 1. The molecule has 2 aromatic carbocycles. The Morgan fingerprint density at radius 3 is 2.48 bits per heavy atom. The van der Waals surface area contributed by atoms with E-state index < -0.39 is 47.7 Å². The molecule has 268 valence electrons. The van der Waals surface area contributed by atoms with Gasteiger partial charge >= 0.3 is 5.97 Å². The lowest BCUT2D eigenvalue weighted by Crippen LogP contribution is -2.56. The molecule has 11 heteroatoms. The van der Waals surface area contributed by atoms with Crippen LogP contribution in [0.2, 0.25) is 0 Å². The maximum Gasteiger partial charge on any atom is 0.313 e. The van der Waals surface area contributed by atoms with Gasteiger partial charge in [0.2, 0.25) is 17.7 Å². The van der Waals surface area contributed by atoms with Crippen molar-refractivity contribution in [1.29, 1.82) is 0 Å². The number of methoxy groups -OCH3 is 1. The molecule has 3 saturated heterocycles. The number of aliphatic hydroxyl groups excluding tert-OH is 1. The Balaban J connectivity index is 1.46. The molecule has 11 nitrogen and oxygen atoms in total. The van der Waals surface area contributed by atoms with Gasteiger partial charge in [-0.25, -0.2) is 0 Å². The lowest BCUT2D eigenvalue weighted by molar-refractivity contribution is -0.163. The number of hydrogen-bond donors (Lipinski definition) is 2. The lowest BCUT2D eigenvalue weighted by atomic mass is 9.70. The summed E-state index contributed by atoms with van der Waals surface area (Å²) in [6.07, 6.45) is 4.33. The van der Waals surface area contributed by atoms with Crippen LogP contribution in [0.4, 0.5) is 0 Å². The van der Waals surface area contributed by atoms with Crippen LogP contribution in [0.3, 0.4) is 0 Å². The van der Waals surface area contributed by atoms with E-state index in [1.165, 1.54) is 7.11 Å². The summed E-state index contributed by atoms with van der Waals surface area (Å²) in [6.45, 7) is 8.39. The van der Waals surface area contributed by atoms with Crippen LogP contribution in [-0.2, 0) is 39.9 Å². The van der Waals surface area contributed by atoms with Gasteiger partial charge in [0, 0.05) is 39.8 Å². The number of nitrogens with one attached hydrogen (secondary N) is 1. The average molecular weight is 688 g/mol. The number of aliphatic hydroxyl groups is 1. The standard InChI is InChI=1S/C39H49N3O8/c1-4-6-19-31(44)40-29(26-48-3)34(28-17-11-8-12-18-28)49-38(47)32-30-20-21-39(50-30)33(32)36(45)42(23-13-14-24-43)35(39)37(46)41(22-5-2)25-27-15-9-7-10-16-27/h4-5,7-12,15-18,29-30,32-35,43H,1-2,6,13-14,19-26H2,3H3,(H,40,44)/t29-,30+,32-,33-,34-,35+,39-/m1/s1. The van der Waals surface area contributed by atoms with Crippen molar-refractivity contribution in [2.75, 3.05) is 33.4 Å². The predicted molar refractivity (Wildman–Crippen MR) is 186 cm³/mol. The molecule has 0 aliphatic carbocycles. The van der Waals surface area contributed by atoms with Crippen molar-refractivity contribution in [2.24, 2.45) is 11.8 Å². The minimum atomic E-state index is -1.22. The molecule has 2 aromatic rings. The van der Waals surface area contributed by atoms with Gasteiger partial charge in [0.05, 0.1) is 30.6 Å². The van der Waals surface area contributed by atoms with Crippen LogP contribution in [0, 0.1) is 11.8 Å². The molecule has 5 rings (SSSR count). The van der Waals surface area contributed by atoms with E-state index in [4.69, 9.17) is 14.2 Å². The highest BCUT2D eigenvalue weighted by Crippen LogP contribution is 2.59. The molecule has 3 heterocycles. The summed E-state index contributed by atoms with van der Waals surface area (Å²) in [4.78, 5) is 59.6. The van der Waals surface area contributed by atoms with Crippen molar-refractivity contribution < 1.29 is 38.5 Å². The second kappa shape index (κ2) is 17.1. The molecule has 3 aliphatic heterocycles. The maximum atomic E-state index is 14.6. The second-order valence-electron chi connectivity index (χ2n) is 13.2. The molecule has 1 spiro atoms. The first kappa shape index (κ1) is 36.9. The van der Waals surface area contributed by atoms with Gasteiger partial charge in [-0.15, -0.1) is 13.2 Å². The first-order valence-corrected chi connectivity index (χ1v) is 17.5. The molecule has 2 bridgehead atoms. The third kappa shape index (κ3) is 7.70. The van der Waals surface area contributed by atoms with Gasteiger partial charge in [-0.3, -0.25) is 19.2 Å². The van der Waals surface area contributed by atoms with Crippen LogP contribution >= 0.6 is 0 Å². The van der Waals surface area contributed by atoms with E-state index in [-0.39, 0.29) is 50.4 Å². The van der Waals surface area contributed by atoms with Gasteiger partial charge in [0.15, 0.2) is 0 Å². The van der Waals surface area contributed by atoms with Gasteiger partial charge in [-0.05, 0) is 43.2 Å². The fourth-order valence-corrected chi connectivity index (χ4v) is 7.83. The molecule has 0 radical (unpaired) electrons. The summed E-state index contributed by atoms with van der Waals surface area (Å²) in [5.74, 6) is -3.35. The Hall–Kier alpha value is -4.32. The van der Waals surface area contributed by atoms with Gasteiger partial charge in [0.1, 0.15) is 17.7 Å². The quantitative estimate of drug-likeness (QED) is 0.130. The topological polar surface area (TPSA) is 135 Å². The van der Waals surface area contributed by atoms with Crippen LogP contribution in [0.15, 0.2) is 86.0 Å². The molecule has 0 aromatic heterocycles. The fourth-order valence-electron chi connectivity index (χ4n) is 7.83. The maximum absolute atomic E-state index is 14.6. The number of rotatable bonds is 19. The molecular weight excluding hydrogens is 638 g/mol. The first-order valence-electron chi connectivity index (χ1n) is 17.5. The van der Waals surface area contributed by atoms with Crippen molar-refractivity contribution in [3.05, 3.63) is 97.1 Å². The van der Waals surface area contributed by atoms with Crippen LogP contribution in [0.25, 0.3) is 0 Å². The van der Waals surface area contributed by atoms with Gasteiger partial charge < -0.3 is 34.4 Å². The van der Waals surface area contributed by atoms with Gasteiger partial charge in [-0.1, -0.05) is 72.8 Å². The van der Waals surface area contributed by atoms with E-state index in [2.05, 4.69) is 18.5 Å².